The molecule has 0 saturated heterocycles. The molecular formula is C17H16N2S. The number of benzene rings is 2. The molecule has 2 N–H and O–H groups in total. The van der Waals surface area contributed by atoms with Gasteiger partial charge in [-0.3, -0.25) is 0 Å². The number of pyridine rings is 1. The van der Waals surface area contributed by atoms with E-state index >= 15 is 0 Å². The van der Waals surface area contributed by atoms with E-state index in [2.05, 4.69) is 47.4 Å². The summed E-state index contributed by atoms with van der Waals surface area (Å²) in [5.74, 6) is 0. The Hall–Kier alpha value is -1.84. The minimum Gasteiger partial charge on any atom is -0.324 e. The maximum absolute atomic E-state index is 6.01. The summed E-state index contributed by atoms with van der Waals surface area (Å²) < 4.78 is 0. The number of rotatable bonds is 3. The molecule has 3 heteroatoms. The summed E-state index contributed by atoms with van der Waals surface area (Å²) in [4.78, 5) is 5.64. The van der Waals surface area contributed by atoms with Gasteiger partial charge in [-0.1, -0.05) is 48.2 Å². The molecule has 1 unspecified atom stereocenters. The van der Waals surface area contributed by atoms with Crippen LogP contribution < -0.4 is 5.73 Å². The Morgan fingerprint density at radius 3 is 2.60 bits per heavy atom. The highest BCUT2D eigenvalue weighted by Crippen LogP contribution is 2.32. The van der Waals surface area contributed by atoms with Gasteiger partial charge in [0, 0.05) is 22.7 Å². The summed E-state index contributed by atoms with van der Waals surface area (Å²) in [5.41, 5.74) is 7.09. The van der Waals surface area contributed by atoms with Gasteiger partial charge in [0.25, 0.3) is 0 Å². The monoisotopic (exact) mass is 280 g/mol. The van der Waals surface area contributed by atoms with Crippen molar-refractivity contribution >= 4 is 22.5 Å². The lowest BCUT2D eigenvalue weighted by Gasteiger charge is -2.11. The zero-order chi connectivity index (χ0) is 13.9. The topological polar surface area (TPSA) is 38.9 Å². The SMILES string of the molecule is CC(N)c1cccnc1Sc1ccc2ccccc2c1. The van der Waals surface area contributed by atoms with E-state index in [0.717, 1.165) is 10.6 Å². The van der Waals surface area contributed by atoms with Crippen molar-refractivity contribution in [3.05, 3.63) is 66.4 Å². The summed E-state index contributed by atoms with van der Waals surface area (Å²) in [6.07, 6.45) is 1.81. The fraction of sp³-hybridized carbons (Fsp3) is 0.118. The van der Waals surface area contributed by atoms with Crippen molar-refractivity contribution in [2.45, 2.75) is 22.9 Å². The van der Waals surface area contributed by atoms with Gasteiger partial charge in [0.15, 0.2) is 0 Å². The predicted octanol–water partition coefficient (Wildman–Crippen LogP) is 4.41. The van der Waals surface area contributed by atoms with E-state index in [9.17, 15) is 0 Å². The third-order valence-electron chi connectivity index (χ3n) is 3.23. The average Bonchev–Trinajstić information content (AvgIpc) is 2.47. The zero-order valence-corrected chi connectivity index (χ0v) is 12.1. The fourth-order valence-corrected chi connectivity index (χ4v) is 3.21. The molecule has 1 atom stereocenters. The van der Waals surface area contributed by atoms with E-state index in [1.807, 2.05) is 25.3 Å². The molecule has 100 valence electrons. The van der Waals surface area contributed by atoms with E-state index in [1.54, 1.807) is 11.8 Å². The van der Waals surface area contributed by atoms with Crippen molar-refractivity contribution < 1.29 is 0 Å². The highest BCUT2D eigenvalue weighted by Gasteiger charge is 2.09. The van der Waals surface area contributed by atoms with Gasteiger partial charge in [-0.2, -0.15) is 0 Å². The van der Waals surface area contributed by atoms with E-state index in [0.29, 0.717) is 0 Å². The second-order valence-corrected chi connectivity index (χ2v) is 5.86. The van der Waals surface area contributed by atoms with Crippen molar-refractivity contribution in [1.82, 2.24) is 4.98 Å². The molecule has 0 saturated carbocycles. The van der Waals surface area contributed by atoms with Crippen LogP contribution >= 0.6 is 11.8 Å². The molecule has 0 aliphatic heterocycles. The van der Waals surface area contributed by atoms with Crippen LogP contribution in [0.4, 0.5) is 0 Å². The Morgan fingerprint density at radius 2 is 1.80 bits per heavy atom. The zero-order valence-electron chi connectivity index (χ0n) is 11.3. The molecule has 1 aromatic heterocycles. The standard InChI is InChI=1S/C17H16N2S/c1-12(18)16-7-4-10-19-17(16)20-15-9-8-13-5-2-3-6-14(13)11-15/h2-12H,18H2,1H3. The van der Waals surface area contributed by atoms with Crippen LogP contribution in [0, 0.1) is 0 Å². The minimum atomic E-state index is -0.00773. The normalized spacial score (nSPS) is 12.5. The molecule has 0 amide bonds. The molecule has 2 aromatic carbocycles. The molecule has 20 heavy (non-hydrogen) atoms. The van der Waals surface area contributed by atoms with Crippen molar-refractivity contribution in [2.24, 2.45) is 5.73 Å². The Balaban J connectivity index is 1.97. The van der Waals surface area contributed by atoms with Gasteiger partial charge in [0.05, 0.1) is 0 Å². The van der Waals surface area contributed by atoms with Gasteiger partial charge in [0.2, 0.25) is 0 Å². The number of nitrogens with two attached hydrogens (primary N) is 1. The molecule has 1 heterocycles. The third kappa shape index (κ3) is 2.69. The molecule has 3 aromatic rings. The number of hydrogen-bond acceptors (Lipinski definition) is 3. The van der Waals surface area contributed by atoms with E-state index in [4.69, 9.17) is 5.73 Å². The summed E-state index contributed by atoms with van der Waals surface area (Å²) in [6, 6.07) is 18.8. The van der Waals surface area contributed by atoms with Crippen LogP contribution in [-0.2, 0) is 0 Å². The Morgan fingerprint density at radius 1 is 1.00 bits per heavy atom. The Bertz CT molecular complexity index is 738. The fourth-order valence-electron chi connectivity index (χ4n) is 2.18. The van der Waals surface area contributed by atoms with Crippen LogP contribution in [0.5, 0.6) is 0 Å². The predicted molar refractivity (Wildman–Crippen MR) is 84.9 cm³/mol. The minimum absolute atomic E-state index is 0.00773. The maximum Gasteiger partial charge on any atom is 0.105 e. The van der Waals surface area contributed by atoms with Crippen LogP contribution in [0.25, 0.3) is 10.8 Å². The van der Waals surface area contributed by atoms with E-state index < -0.39 is 0 Å². The summed E-state index contributed by atoms with van der Waals surface area (Å²) in [5, 5.41) is 3.49. The van der Waals surface area contributed by atoms with Crippen molar-refractivity contribution in [1.29, 1.82) is 0 Å². The smallest absolute Gasteiger partial charge is 0.105 e. The van der Waals surface area contributed by atoms with Crippen LogP contribution in [-0.4, -0.2) is 4.98 Å². The van der Waals surface area contributed by atoms with Crippen molar-refractivity contribution in [3.8, 4) is 0 Å². The molecule has 0 radical (unpaired) electrons. The van der Waals surface area contributed by atoms with Gasteiger partial charge < -0.3 is 5.73 Å². The number of aromatic nitrogens is 1. The molecule has 0 aliphatic carbocycles. The molecular weight excluding hydrogens is 264 g/mol. The summed E-state index contributed by atoms with van der Waals surface area (Å²) in [6.45, 7) is 1.99. The third-order valence-corrected chi connectivity index (χ3v) is 4.25. The Labute approximate surface area is 123 Å². The first-order valence-corrected chi connectivity index (χ1v) is 7.43. The lowest BCUT2D eigenvalue weighted by molar-refractivity contribution is 0.779. The second-order valence-electron chi connectivity index (χ2n) is 4.80. The summed E-state index contributed by atoms with van der Waals surface area (Å²) >= 11 is 1.67. The highest BCUT2D eigenvalue weighted by molar-refractivity contribution is 7.99. The summed E-state index contributed by atoms with van der Waals surface area (Å²) in [7, 11) is 0. The maximum atomic E-state index is 6.01. The largest absolute Gasteiger partial charge is 0.324 e. The van der Waals surface area contributed by atoms with Crippen LogP contribution in [0.1, 0.15) is 18.5 Å². The lowest BCUT2D eigenvalue weighted by Crippen LogP contribution is -2.07. The van der Waals surface area contributed by atoms with E-state index in [-0.39, 0.29) is 6.04 Å². The highest BCUT2D eigenvalue weighted by atomic mass is 32.2. The molecule has 0 fully saturated rings. The number of fused-ring (bicyclic) bond motifs is 1. The molecule has 3 rings (SSSR count). The van der Waals surface area contributed by atoms with Crippen LogP contribution in [0.15, 0.2) is 70.7 Å². The molecule has 0 bridgehead atoms. The van der Waals surface area contributed by atoms with Gasteiger partial charge in [-0.25, -0.2) is 4.98 Å². The average molecular weight is 280 g/mol. The quantitative estimate of drug-likeness (QED) is 0.772. The number of hydrogen-bond donors (Lipinski definition) is 1. The van der Waals surface area contributed by atoms with Crippen LogP contribution in [0.2, 0.25) is 0 Å². The Kier molecular flexibility index (Phi) is 3.72. The van der Waals surface area contributed by atoms with Gasteiger partial charge in [0.1, 0.15) is 5.03 Å². The van der Waals surface area contributed by atoms with Crippen molar-refractivity contribution in [2.75, 3.05) is 0 Å². The van der Waals surface area contributed by atoms with Gasteiger partial charge >= 0.3 is 0 Å². The first-order chi connectivity index (χ1) is 9.74. The van der Waals surface area contributed by atoms with Crippen molar-refractivity contribution in [3.63, 3.8) is 0 Å². The van der Waals surface area contributed by atoms with Gasteiger partial charge in [-0.05, 0) is 35.9 Å². The van der Waals surface area contributed by atoms with Crippen LogP contribution in [0.3, 0.4) is 0 Å². The van der Waals surface area contributed by atoms with E-state index in [1.165, 1.54) is 15.7 Å². The second kappa shape index (κ2) is 5.65. The first-order valence-electron chi connectivity index (χ1n) is 6.61. The van der Waals surface area contributed by atoms with Gasteiger partial charge in [-0.15, -0.1) is 0 Å². The lowest BCUT2D eigenvalue weighted by atomic mass is 10.1. The number of nitrogens with zero attached hydrogens (tertiary/aromatic N) is 1. The molecule has 2 nitrogen and oxygen atoms in total. The molecule has 0 aliphatic rings. The first kappa shape index (κ1) is 13.2. The molecule has 0 spiro atoms.